The van der Waals surface area contributed by atoms with Crippen LogP contribution in [0.4, 0.5) is 10.8 Å². The van der Waals surface area contributed by atoms with Crippen molar-refractivity contribution in [2.24, 2.45) is 5.92 Å². The molecule has 12 heteroatoms. The van der Waals surface area contributed by atoms with Gasteiger partial charge in [-0.25, -0.2) is 4.79 Å². The molecule has 0 radical (unpaired) electrons. The number of benzene rings is 1. The molecule has 0 unspecified atom stereocenters. The van der Waals surface area contributed by atoms with Crippen molar-refractivity contribution in [1.82, 2.24) is 25.2 Å². The van der Waals surface area contributed by atoms with E-state index in [4.69, 9.17) is 9.15 Å². The summed E-state index contributed by atoms with van der Waals surface area (Å²) in [5.74, 6) is -0.117. The Morgan fingerprint density at radius 2 is 2.00 bits per heavy atom. The van der Waals surface area contributed by atoms with Crippen LogP contribution in [0.2, 0.25) is 0 Å². The Bertz CT molecular complexity index is 1410. The summed E-state index contributed by atoms with van der Waals surface area (Å²) < 4.78 is 11.2. The highest BCUT2D eigenvalue weighted by Gasteiger charge is 2.28. The standard InChI is InChI=1S/C29H36N6O5S/c1-5-34(4)28-32-23-9-8-21(12-26(23)40-28)27(37)35(15-19(2)3)16-25(36)24(11-20-7-6-10-30-13-20)33-29(38)39-17-22-14-31-18-41-22/h6-10,12-14,18-19,24-25,36H,5,11,15-17H2,1-4H3,(H,33,38)/t24-,25-/m0/s1. The maximum atomic E-state index is 13.7. The number of nitrogens with one attached hydrogen (secondary N) is 1. The van der Waals surface area contributed by atoms with E-state index in [1.54, 1.807) is 53.3 Å². The number of thiazole rings is 1. The maximum absolute atomic E-state index is 13.7. The number of rotatable bonds is 13. The first-order valence-electron chi connectivity index (χ1n) is 13.5. The molecule has 4 rings (SSSR count). The number of amides is 2. The quantitative estimate of drug-likeness (QED) is 0.239. The van der Waals surface area contributed by atoms with Crippen LogP contribution >= 0.6 is 11.3 Å². The first kappa shape index (κ1) is 29.9. The van der Waals surface area contributed by atoms with Crippen molar-refractivity contribution < 1.29 is 23.8 Å². The lowest BCUT2D eigenvalue weighted by molar-refractivity contribution is 0.0494. The van der Waals surface area contributed by atoms with Crippen molar-refractivity contribution in [2.75, 3.05) is 31.6 Å². The van der Waals surface area contributed by atoms with Crippen LogP contribution in [-0.2, 0) is 17.8 Å². The SMILES string of the molecule is CCN(C)c1nc2ccc(C(=O)N(CC(C)C)C[C@H](O)[C@H](Cc3cccnc3)NC(=O)OCc3cncs3)cc2o1. The molecule has 0 fully saturated rings. The Labute approximate surface area is 243 Å². The van der Waals surface area contributed by atoms with Gasteiger partial charge < -0.3 is 29.4 Å². The number of carbonyl (C=O) groups is 2. The van der Waals surface area contributed by atoms with Gasteiger partial charge >= 0.3 is 6.09 Å². The number of aromatic nitrogens is 3. The number of hydrogen-bond acceptors (Lipinski definition) is 10. The average Bonchev–Trinajstić information content (AvgIpc) is 3.64. The number of fused-ring (bicyclic) bond motifs is 1. The lowest BCUT2D eigenvalue weighted by Gasteiger charge is -2.31. The van der Waals surface area contributed by atoms with E-state index in [-0.39, 0.29) is 25.0 Å². The zero-order valence-electron chi connectivity index (χ0n) is 23.7. The zero-order valence-corrected chi connectivity index (χ0v) is 24.5. The number of aliphatic hydroxyl groups excluding tert-OH is 1. The molecule has 218 valence electrons. The van der Waals surface area contributed by atoms with Gasteiger partial charge in [-0.3, -0.25) is 14.8 Å². The molecule has 2 amide bonds. The van der Waals surface area contributed by atoms with Crippen LogP contribution in [0, 0.1) is 5.92 Å². The molecule has 0 aliphatic heterocycles. The molecule has 1 aromatic carbocycles. The predicted octanol–water partition coefficient (Wildman–Crippen LogP) is 4.13. The minimum Gasteiger partial charge on any atom is -0.444 e. The second-order valence-corrected chi connectivity index (χ2v) is 11.2. The van der Waals surface area contributed by atoms with Crippen LogP contribution in [0.15, 0.2) is 58.9 Å². The molecule has 2 N–H and O–H groups in total. The minimum absolute atomic E-state index is 0.00463. The van der Waals surface area contributed by atoms with Gasteiger partial charge in [0.15, 0.2) is 5.58 Å². The van der Waals surface area contributed by atoms with Crippen LogP contribution in [0.25, 0.3) is 11.1 Å². The number of hydrogen-bond donors (Lipinski definition) is 2. The third-order valence-electron chi connectivity index (χ3n) is 6.48. The molecule has 3 aromatic heterocycles. The van der Waals surface area contributed by atoms with E-state index in [1.807, 2.05) is 38.8 Å². The van der Waals surface area contributed by atoms with Crippen LogP contribution in [-0.4, -0.2) is 75.8 Å². The molecule has 0 spiro atoms. The molecule has 2 atom stereocenters. The van der Waals surface area contributed by atoms with Gasteiger partial charge in [0.2, 0.25) is 0 Å². The van der Waals surface area contributed by atoms with Gasteiger partial charge in [-0.2, -0.15) is 4.98 Å². The number of anilines is 1. The Hall–Kier alpha value is -4.03. The number of oxazole rings is 1. The Morgan fingerprint density at radius 1 is 1.17 bits per heavy atom. The van der Waals surface area contributed by atoms with Gasteiger partial charge in [0.25, 0.3) is 11.9 Å². The monoisotopic (exact) mass is 580 g/mol. The van der Waals surface area contributed by atoms with Crippen LogP contribution in [0.1, 0.15) is 41.6 Å². The smallest absolute Gasteiger partial charge is 0.407 e. The first-order chi connectivity index (χ1) is 19.7. The highest BCUT2D eigenvalue weighted by atomic mass is 32.1. The number of alkyl carbamates (subject to hydrolysis) is 1. The van der Waals surface area contributed by atoms with Crippen LogP contribution in [0.5, 0.6) is 0 Å². The van der Waals surface area contributed by atoms with E-state index in [1.165, 1.54) is 11.3 Å². The van der Waals surface area contributed by atoms with Gasteiger partial charge in [0.1, 0.15) is 12.1 Å². The molecule has 11 nitrogen and oxygen atoms in total. The summed E-state index contributed by atoms with van der Waals surface area (Å²) in [6.45, 7) is 7.20. The van der Waals surface area contributed by atoms with Crippen molar-refractivity contribution in [2.45, 2.75) is 45.9 Å². The Kier molecular flexibility index (Phi) is 10.3. The van der Waals surface area contributed by atoms with E-state index >= 15 is 0 Å². The normalized spacial score (nSPS) is 12.7. The van der Waals surface area contributed by atoms with E-state index in [0.29, 0.717) is 35.6 Å². The summed E-state index contributed by atoms with van der Waals surface area (Å²) in [4.78, 5) is 43.3. The lowest BCUT2D eigenvalue weighted by atomic mass is 10.0. The summed E-state index contributed by atoms with van der Waals surface area (Å²) >= 11 is 1.38. The third-order valence-corrected chi connectivity index (χ3v) is 7.23. The molecule has 0 saturated heterocycles. The van der Waals surface area contributed by atoms with Gasteiger partial charge in [-0.15, -0.1) is 11.3 Å². The van der Waals surface area contributed by atoms with Crippen LogP contribution in [0.3, 0.4) is 0 Å². The van der Waals surface area contributed by atoms with Crippen molar-refractivity contribution >= 4 is 40.5 Å². The number of aliphatic hydroxyl groups is 1. The Balaban J connectivity index is 1.51. The van der Waals surface area contributed by atoms with Crippen molar-refractivity contribution in [3.05, 3.63) is 70.4 Å². The van der Waals surface area contributed by atoms with Gasteiger partial charge in [0.05, 0.1) is 22.5 Å². The third kappa shape index (κ3) is 8.24. The second kappa shape index (κ2) is 14.0. The van der Waals surface area contributed by atoms with Crippen molar-refractivity contribution in [3.63, 3.8) is 0 Å². The molecule has 3 heterocycles. The number of ether oxygens (including phenoxy) is 1. The van der Waals surface area contributed by atoms with Crippen LogP contribution < -0.4 is 10.2 Å². The van der Waals surface area contributed by atoms with Gasteiger partial charge in [-0.05, 0) is 49.1 Å². The fourth-order valence-corrected chi connectivity index (χ4v) is 4.77. The highest BCUT2D eigenvalue weighted by Crippen LogP contribution is 2.23. The fraction of sp³-hybridized carbons (Fsp3) is 0.414. The van der Waals surface area contributed by atoms with E-state index in [0.717, 1.165) is 17.0 Å². The molecule has 0 aliphatic carbocycles. The summed E-state index contributed by atoms with van der Waals surface area (Å²) in [5, 5.41) is 14.2. The summed E-state index contributed by atoms with van der Waals surface area (Å²) in [7, 11) is 1.88. The number of nitrogens with zero attached hydrogens (tertiary/aromatic N) is 5. The zero-order chi connectivity index (χ0) is 29.4. The fourth-order valence-electron chi connectivity index (χ4n) is 4.26. The summed E-state index contributed by atoms with van der Waals surface area (Å²) in [5.41, 5.74) is 4.08. The molecule has 41 heavy (non-hydrogen) atoms. The highest BCUT2D eigenvalue weighted by molar-refractivity contribution is 7.09. The molecule has 0 bridgehead atoms. The molecular weight excluding hydrogens is 544 g/mol. The Morgan fingerprint density at radius 3 is 2.68 bits per heavy atom. The molecule has 4 aromatic rings. The summed E-state index contributed by atoms with van der Waals surface area (Å²) in [6, 6.07) is 8.55. The molecular formula is C29H36N6O5S. The topological polar surface area (TPSA) is 134 Å². The molecule has 0 aliphatic rings. The van der Waals surface area contributed by atoms with Gasteiger partial charge in [0, 0.05) is 50.8 Å². The largest absolute Gasteiger partial charge is 0.444 e. The average molecular weight is 581 g/mol. The summed E-state index contributed by atoms with van der Waals surface area (Å²) in [6.07, 6.45) is 3.51. The molecule has 0 saturated carbocycles. The van der Waals surface area contributed by atoms with Gasteiger partial charge in [-0.1, -0.05) is 19.9 Å². The van der Waals surface area contributed by atoms with E-state index in [9.17, 15) is 14.7 Å². The second-order valence-electron chi connectivity index (χ2n) is 10.2. The maximum Gasteiger partial charge on any atom is 0.407 e. The minimum atomic E-state index is -1.09. The lowest BCUT2D eigenvalue weighted by Crippen LogP contribution is -2.51. The number of carbonyl (C=O) groups excluding carboxylic acids is 2. The van der Waals surface area contributed by atoms with Crippen molar-refractivity contribution in [1.29, 1.82) is 0 Å². The first-order valence-corrected chi connectivity index (χ1v) is 14.4. The van der Waals surface area contributed by atoms with E-state index in [2.05, 4.69) is 20.3 Å². The number of pyridine rings is 1. The van der Waals surface area contributed by atoms with Crippen molar-refractivity contribution in [3.8, 4) is 0 Å². The van der Waals surface area contributed by atoms with E-state index < -0.39 is 18.2 Å². The predicted molar refractivity (Wildman–Crippen MR) is 157 cm³/mol.